The number of aryl methyl sites for hydroxylation is 2. The van der Waals surface area contributed by atoms with Gasteiger partial charge in [0.25, 0.3) is 5.91 Å². The number of hydrogen-bond acceptors (Lipinski definition) is 3. The number of amides is 1. The zero-order chi connectivity index (χ0) is 14.0. The standard InChI is InChI=1S/C15H23NO2S/c1-4-12-9-14(19-11(12)3)15(18)16-7-5-13(6-8-16)10(2)17/h9-10,13,17H,4-8H2,1-3H3. The number of aliphatic hydroxyl groups is 1. The van der Waals surface area contributed by atoms with Crippen LogP contribution < -0.4 is 0 Å². The van der Waals surface area contributed by atoms with Crippen molar-refractivity contribution in [3.8, 4) is 0 Å². The van der Waals surface area contributed by atoms with E-state index in [2.05, 4.69) is 13.8 Å². The van der Waals surface area contributed by atoms with Gasteiger partial charge in [-0.25, -0.2) is 0 Å². The Balaban J connectivity index is 2.01. The van der Waals surface area contributed by atoms with Crippen LogP contribution in [0.1, 0.15) is 46.8 Å². The molecule has 1 N–H and O–H groups in total. The summed E-state index contributed by atoms with van der Waals surface area (Å²) in [7, 11) is 0. The van der Waals surface area contributed by atoms with E-state index in [1.165, 1.54) is 10.4 Å². The second kappa shape index (κ2) is 6.06. The van der Waals surface area contributed by atoms with Gasteiger partial charge >= 0.3 is 0 Å². The van der Waals surface area contributed by atoms with Gasteiger partial charge in [-0.3, -0.25) is 4.79 Å². The van der Waals surface area contributed by atoms with Gasteiger partial charge in [0.2, 0.25) is 0 Å². The molecule has 4 heteroatoms. The number of nitrogens with zero attached hydrogens (tertiary/aromatic N) is 1. The monoisotopic (exact) mass is 281 g/mol. The van der Waals surface area contributed by atoms with Crippen molar-refractivity contribution in [1.82, 2.24) is 4.90 Å². The summed E-state index contributed by atoms with van der Waals surface area (Å²) in [6, 6.07) is 2.04. The van der Waals surface area contributed by atoms with Crippen LogP contribution >= 0.6 is 11.3 Å². The first-order chi connectivity index (χ1) is 9.02. The molecule has 3 nitrogen and oxygen atoms in total. The lowest BCUT2D eigenvalue weighted by Crippen LogP contribution is -2.40. The minimum absolute atomic E-state index is 0.164. The molecule has 0 bridgehead atoms. The Bertz CT molecular complexity index is 445. The van der Waals surface area contributed by atoms with Crippen LogP contribution in [-0.2, 0) is 6.42 Å². The lowest BCUT2D eigenvalue weighted by molar-refractivity contribution is 0.0525. The SMILES string of the molecule is CCc1cc(C(=O)N2CCC(C(C)O)CC2)sc1C. The van der Waals surface area contributed by atoms with Crippen LogP contribution in [0.15, 0.2) is 6.07 Å². The van der Waals surface area contributed by atoms with Gasteiger partial charge in [0.15, 0.2) is 0 Å². The van der Waals surface area contributed by atoms with E-state index in [1.807, 2.05) is 17.9 Å². The van der Waals surface area contributed by atoms with Crippen LogP contribution in [-0.4, -0.2) is 35.1 Å². The Kier molecular flexibility index (Phi) is 4.63. The first kappa shape index (κ1) is 14.5. The fraction of sp³-hybridized carbons (Fsp3) is 0.667. The first-order valence-corrected chi connectivity index (χ1v) is 7.91. The van der Waals surface area contributed by atoms with Crippen molar-refractivity contribution < 1.29 is 9.90 Å². The molecule has 1 unspecified atom stereocenters. The van der Waals surface area contributed by atoms with Crippen molar-refractivity contribution in [3.63, 3.8) is 0 Å². The zero-order valence-electron chi connectivity index (χ0n) is 12.0. The number of aliphatic hydroxyl groups excluding tert-OH is 1. The lowest BCUT2D eigenvalue weighted by atomic mass is 9.92. The van der Waals surface area contributed by atoms with Crippen molar-refractivity contribution in [1.29, 1.82) is 0 Å². The van der Waals surface area contributed by atoms with Crippen molar-refractivity contribution in [3.05, 3.63) is 21.4 Å². The summed E-state index contributed by atoms with van der Waals surface area (Å²) in [6.07, 6.45) is 2.55. The van der Waals surface area contributed by atoms with Crippen LogP contribution in [0.5, 0.6) is 0 Å². The third-order valence-electron chi connectivity index (χ3n) is 4.12. The average Bonchev–Trinajstić information content (AvgIpc) is 2.79. The van der Waals surface area contributed by atoms with Gasteiger partial charge < -0.3 is 10.0 Å². The molecule has 0 aliphatic carbocycles. The van der Waals surface area contributed by atoms with Crippen molar-refractivity contribution in [2.45, 2.75) is 46.1 Å². The van der Waals surface area contributed by atoms with E-state index in [0.717, 1.165) is 37.2 Å². The Morgan fingerprint density at radius 2 is 2.16 bits per heavy atom. The molecular weight excluding hydrogens is 258 g/mol. The van der Waals surface area contributed by atoms with Crippen LogP contribution in [0, 0.1) is 12.8 Å². The van der Waals surface area contributed by atoms with Crippen molar-refractivity contribution in [2.75, 3.05) is 13.1 Å². The lowest BCUT2D eigenvalue weighted by Gasteiger charge is -2.33. The zero-order valence-corrected chi connectivity index (χ0v) is 12.8. The summed E-state index contributed by atoms with van der Waals surface area (Å²) in [5, 5.41) is 9.59. The van der Waals surface area contributed by atoms with Crippen LogP contribution in [0.3, 0.4) is 0 Å². The van der Waals surface area contributed by atoms with E-state index in [4.69, 9.17) is 0 Å². The molecule has 0 saturated carbocycles. The van der Waals surface area contributed by atoms with E-state index in [-0.39, 0.29) is 12.0 Å². The Labute approximate surface area is 119 Å². The van der Waals surface area contributed by atoms with E-state index >= 15 is 0 Å². The molecule has 1 amide bonds. The number of likely N-dealkylation sites (tertiary alicyclic amines) is 1. The van der Waals surface area contributed by atoms with Gasteiger partial charge in [-0.2, -0.15) is 0 Å². The molecule has 2 rings (SSSR count). The van der Waals surface area contributed by atoms with Crippen LogP contribution in [0.2, 0.25) is 0 Å². The van der Waals surface area contributed by atoms with Gasteiger partial charge in [-0.15, -0.1) is 11.3 Å². The molecule has 106 valence electrons. The summed E-state index contributed by atoms with van der Waals surface area (Å²) in [4.78, 5) is 16.5. The number of carbonyl (C=O) groups excluding carboxylic acids is 1. The Morgan fingerprint density at radius 1 is 1.53 bits per heavy atom. The van der Waals surface area contributed by atoms with Gasteiger partial charge in [0, 0.05) is 18.0 Å². The molecule has 1 atom stereocenters. The number of piperidine rings is 1. The van der Waals surface area contributed by atoms with E-state index in [0.29, 0.717) is 5.92 Å². The molecule has 1 aliphatic heterocycles. The fourth-order valence-corrected chi connectivity index (χ4v) is 3.80. The summed E-state index contributed by atoms with van der Waals surface area (Å²) in [5.41, 5.74) is 1.28. The smallest absolute Gasteiger partial charge is 0.263 e. The average molecular weight is 281 g/mol. The predicted molar refractivity (Wildman–Crippen MR) is 78.7 cm³/mol. The van der Waals surface area contributed by atoms with Gasteiger partial charge in [-0.05, 0) is 50.7 Å². The van der Waals surface area contributed by atoms with Crippen LogP contribution in [0.25, 0.3) is 0 Å². The third kappa shape index (κ3) is 3.18. The maximum Gasteiger partial charge on any atom is 0.263 e. The Hall–Kier alpha value is -0.870. The van der Waals surface area contributed by atoms with Gasteiger partial charge in [-0.1, -0.05) is 6.92 Å². The molecule has 1 aromatic rings. The minimum Gasteiger partial charge on any atom is -0.393 e. The maximum absolute atomic E-state index is 12.4. The summed E-state index contributed by atoms with van der Waals surface area (Å²) in [5.74, 6) is 0.511. The molecule has 0 spiro atoms. The highest BCUT2D eigenvalue weighted by Gasteiger charge is 2.26. The topological polar surface area (TPSA) is 40.5 Å². The highest BCUT2D eigenvalue weighted by Crippen LogP contribution is 2.26. The summed E-state index contributed by atoms with van der Waals surface area (Å²) < 4.78 is 0. The second-order valence-electron chi connectivity index (χ2n) is 5.42. The van der Waals surface area contributed by atoms with E-state index < -0.39 is 0 Å². The van der Waals surface area contributed by atoms with E-state index in [9.17, 15) is 9.90 Å². The summed E-state index contributed by atoms with van der Waals surface area (Å²) >= 11 is 1.61. The van der Waals surface area contributed by atoms with Gasteiger partial charge in [0.1, 0.15) is 0 Å². The quantitative estimate of drug-likeness (QED) is 0.925. The van der Waals surface area contributed by atoms with Crippen molar-refractivity contribution in [2.24, 2.45) is 5.92 Å². The van der Waals surface area contributed by atoms with Crippen LogP contribution in [0.4, 0.5) is 0 Å². The van der Waals surface area contributed by atoms with Crippen molar-refractivity contribution >= 4 is 17.2 Å². The molecule has 1 aliphatic rings. The molecule has 0 radical (unpaired) electrons. The highest BCUT2D eigenvalue weighted by atomic mass is 32.1. The van der Waals surface area contributed by atoms with E-state index in [1.54, 1.807) is 11.3 Å². The Morgan fingerprint density at radius 3 is 2.63 bits per heavy atom. The van der Waals surface area contributed by atoms with Gasteiger partial charge in [0.05, 0.1) is 11.0 Å². The first-order valence-electron chi connectivity index (χ1n) is 7.09. The molecule has 2 heterocycles. The minimum atomic E-state index is -0.257. The third-order valence-corrected chi connectivity index (χ3v) is 5.20. The number of carbonyl (C=O) groups is 1. The molecule has 0 aromatic carbocycles. The highest BCUT2D eigenvalue weighted by molar-refractivity contribution is 7.14. The molecule has 1 fully saturated rings. The summed E-state index contributed by atoms with van der Waals surface area (Å²) in [6.45, 7) is 7.59. The second-order valence-corrected chi connectivity index (χ2v) is 6.67. The normalized spacial score (nSPS) is 18.6. The molecule has 1 saturated heterocycles. The number of rotatable bonds is 3. The molecule has 19 heavy (non-hydrogen) atoms. The fourth-order valence-electron chi connectivity index (χ4n) is 2.72. The predicted octanol–water partition coefficient (Wildman–Crippen LogP) is 2.85. The largest absolute Gasteiger partial charge is 0.393 e. The molecule has 1 aromatic heterocycles. The maximum atomic E-state index is 12.4. The number of thiophene rings is 1. The number of hydrogen-bond donors (Lipinski definition) is 1. The molecular formula is C15H23NO2S.